The maximum atomic E-state index is 10.7. The number of hydrogen-bond acceptors (Lipinski definition) is 3. The van der Waals surface area contributed by atoms with Gasteiger partial charge in [0.1, 0.15) is 12.4 Å². The number of ketones is 1. The van der Waals surface area contributed by atoms with Crippen molar-refractivity contribution in [3.8, 4) is 6.07 Å². The molecular formula is C10H13NO2. The van der Waals surface area contributed by atoms with Gasteiger partial charge in [0, 0.05) is 6.42 Å². The molecule has 1 rings (SSSR count). The summed E-state index contributed by atoms with van der Waals surface area (Å²) in [5.41, 5.74) is 0.715. The summed E-state index contributed by atoms with van der Waals surface area (Å²) in [6, 6.07) is 2.12. The number of hydrogen-bond donors (Lipinski definition) is 0. The largest absolute Gasteiger partial charge is 0.489 e. The summed E-state index contributed by atoms with van der Waals surface area (Å²) in [5.74, 6) is 0.722. The van der Waals surface area contributed by atoms with Crippen LogP contribution in [0.25, 0.3) is 0 Å². The Hall–Kier alpha value is -1.30. The van der Waals surface area contributed by atoms with Gasteiger partial charge in [-0.15, -0.1) is 0 Å². The fraction of sp³-hybridized carbons (Fsp3) is 0.600. The number of nitrogens with zero attached hydrogens (tertiary/aromatic N) is 1. The second-order valence-electron chi connectivity index (χ2n) is 3.21. The maximum Gasteiger partial charge on any atom is 0.167 e. The van der Waals surface area contributed by atoms with Gasteiger partial charge in [-0.2, -0.15) is 5.26 Å². The van der Waals surface area contributed by atoms with Crippen molar-refractivity contribution < 1.29 is 9.53 Å². The Morgan fingerprint density at radius 2 is 2.23 bits per heavy atom. The zero-order chi connectivity index (χ0) is 9.68. The summed E-state index contributed by atoms with van der Waals surface area (Å²) in [6.07, 6.45) is 3.70. The monoisotopic (exact) mass is 179 g/mol. The third-order valence-electron chi connectivity index (χ3n) is 2.00. The van der Waals surface area contributed by atoms with Crippen LogP contribution in [0, 0.1) is 11.3 Å². The Labute approximate surface area is 78.0 Å². The van der Waals surface area contributed by atoms with Gasteiger partial charge in [0.25, 0.3) is 0 Å². The van der Waals surface area contributed by atoms with Crippen molar-refractivity contribution in [2.75, 3.05) is 6.61 Å². The molecule has 0 fully saturated rings. The molecule has 70 valence electrons. The molecule has 1 aliphatic rings. The highest BCUT2D eigenvalue weighted by atomic mass is 16.5. The summed E-state index contributed by atoms with van der Waals surface area (Å²) in [4.78, 5) is 10.7. The Morgan fingerprint density at radius 1 is 1.54 bits per heavy atom. The van der Waals surface area contributed by atoms with Crippen molar-refractivity contribution in [3.05, 3.63) is 11.3 Å². The molecule has 3 heteroatoms. The smallest absolute Gasteiger partial charge is 0.167 e. The first-order valence-electron chi connectivity index (χ1n) is 4.48. The SMILES string of the molecule is CC(=O)COC1=C(C#N)CCCC1. The van der Waals surface area contributed by atoms with Gasteiger partial charge >= 0.3 is 0 Å². The zero-order valence-corrected chi connectivity index (χ0v) is 7.80. The van der Waals surface area contributed by atoms with Crippen LogP contribution in [0.15, 0.2) is 11.3 Å². The van der Waals surface area contributed by atoms with Crippen LogP contribution in [0.5, 0.6) is 0 Å². The molecular weight excluding hydrogens is 166 g/mol. The van der Waals surface area contributed by atoms with Gasteiger partial charge in [0.05, 0.1) is 11.6 Å². The molecule has 1 aliphatic carbocycles. The Kier molecular flexibility index (Phi) is 3.51. The van der Waals surface area contributed by atoms with Crippen molar-refractivity contribution in [1.82, 2.24) is 0 Å². The summed E-state index contributed by atoms with van der Waals surface area (Å²) >= 11 is 0. The molecule has 0 atom stereocenters. The topological polar surface area (TPSA) is 50.1 Å². The minimum atomic E-state index is -0.00429. The van der Waals surface area contributed by atoms with E-state index in [4.69, 9.17) is 10.00 Å². The van der Waals surface area contributed by atoms with E-state index in [2.05, 4.69) is 6.07 Å². The van der Waals surface area contributed by atoms with Gasteiger partial charge in [0.2, 0.25) is 0 Å². The number of rotatable bonds is 3. The van der Waals surface area contributed by atoms with E-state index in [9.17, 15) is 4.79 Å². The molecule has 0 heterocycles. The molecule has 0 radical (unpaired) electrons. The summed E-state index contributed by atoms with van der Waals surface area (Å²) in [7, 11) is 0. The van der Waals surface area contributed by atoms with Crippen molar-refractivity contribution in [2.45, 2.75) is 32.6 Å². The first kappa shape index (κ1) is 9.79. The van der Waals surface area contributed by atoms with Crippen molar-refractivity contribution in [3.63, 3.8) is 0 Å². The lowest BCUT2D eigenvalue weighted by Gasteiger charge is -2.15. The van der Waals surface area contributed by atoms with E-state index in [0.29, 0.717) is 5.57 Å². The van der Waals surface area contributed by atoms with E-state index in [1.165, 1.54) is 6.92 Å². The lowest BCUT2D eigenvalue weighted by molar-refractivity contribution is -0.120. The zero-order valence-electron chi connectivity index (χ0n) is 7.80. The Balaban J connectivity index is 2.58. The Bertz CT molecular complexity index is 273. The van der Waals surface area contributed by atoms with Gasteiger partial charge in [-0.05, 0) is 26.2 Å². The van der Waals surface area contributed by atoms with Crippen molar-refractivity contribution >= 4 is 5.78 Å². The molecule has 0 saturated heterocycles. The number of Topliss-reactive ketones (excluding diaryl/α,β-unsaturated/α-hetero) is 1. The summed E-state index contributed by atoms with van der Waals surface area (Å²) in [6.45, 7) is 1.58. The summed E-state index contributed by atoms with van der Waals surface area (Å²) < 4.78 is 5.26. The van der Waals surface area contributed by atoms with E-state index in [1.54, 1.807) is 0 Å². The van der Waals surface area contributed by atoms with Crippen molar-refractivity contribution in [1.29, 1.82) is 5.26 Å². The molecule has 0 aromatic heterocycles. The first-order chi connectivity index (χ1) is 6.24. The fourth-order valence-corrected chi connectivity index (χ4v) is 1.34. The summed E-state index contributed by atoms with van der Waals surface area (Å²) in [5, 5.41) is 8.75. The molecule has 13 heavy (non-hydrogen) atoms. The van der Waals surface area contributed by atoms with Gasteiger partial charge in [-0.25, -0.2) is 0 Å². The van der Waals surface area contributed by atoms with Crippen molar-refractivity contribution in [2.24, 2.45) is 0 Å². The van der Waals surface area contributed by atoms with Crippen LogP contribution in [0.2, 0.25) is 0 Å². The van der Waals surface area contributed by atoms with Crippen LogP contribution in [0.4, 0.5) is 0 Å². The minimum absolute atomic E-state index is 0.00429. The van der Waals surface area contributed by atoms with Gasteiger partial charge in [-0.1, -0.05) is 0 Å². The molecule has 0 saturated carbocycles. The quantitative estimate of drug-likeness (QED) is 0.665. The third kappa shape index (κ3) is 2.90. The van der Waals surface area contributed by atoms with E-state index >= 15 is 0 Å². The highest BCUT2D eigenvalue weighted by molar-refractivity contribution is 5.76. The minimum Gasteiger partial charge on any atom is -0.489 e. The van der Waals surface area contributed by atoms with E-state index in [1.807, 2.05) is 0 Å². The molecule has 0 spiro atoms. The highest BCUT2D eigenvalue weighted by Crippen LogP contribution is 2.24. The van der Waals surface area contributed by atoms with Crippen LogP contribution >= 0.6 is 0 Å². The molecule has 0 aromatic carbocycles. The number of ether oxygens (including phenoxy) is 1. The third-order valence-corrected chi connectivity index (χ3v) is 2.00. The normalized spacial score (nSPS) is 16.6. The van der Waals surface area contributed by atoms with Crippen LogP contribution in [0.1, 0.15) is 32.6 Å². The fourth-order valence-electron chi connectivity index (χ4n) is 1.34. The second kappa shape index (κ2) is 4.66. The molecule has 0 N–H and O–H groups in total. The Morgan fingerprint density at radius 3 is 2.85 bits per heavy atom. The average Bonchev–Trinajstić information content (AvgIpc) is 2.15. The molecule has 0 aromatic rings. The lowest BCUT2D eigenvalue weighted by Crippen LogP contribution is -2.08. The predicted molar refractivity (Wildman–Crippen MR) is 47.7 cm³/mol. The lowest BCUT2D eigenvalue weighted by atomic mass is 9.99. The predicted octanol–water partition coefficient (Wildman–Crippen LogP) is 1.94. The molecule has 0 amide bonds. The standard InChI is InChI=1S/C10H13NO2/c1-8(12)7-13-10-5-3-2-4-9(10)6-11/h2-5,7H2,1H3. The van der Waals surface area contributed by atoms with E-state index in [0.717, 1.165) is 31.4 Å². The maximum absolute atomic E-state index is 10.7. The van der Waals surface area contributed by atoms with Crippen LogP contribution in [0.3, 0.4) is 0 Å². The van der Waals surface area contributed by atoms with E-state index < -0.39 is 0 Å². The number of allylic oxidation sites excluding steroid dienone is 2. The first-order valence-corrected chi connectivity index (χ1v) is 4.48. The number of carbonyl (C=O) groups is 1. The molecule has 0 aliphatic heterocycles. The molecule has 3 nitrogen and oxygen atoms in total. The van der Waals surface area contributed by atoms with E-state index in [-0.39, 0.29) is 12.4 Å². The van der Waals surface area contributed by atoms with Gasteiger partial charge in [0.15, 0.2) is 5.78 Å². The highest BCUT2D eigenvalue weighted by Gasteiger charge is 2.13. The van der Waals surface area contributed by atoms with Crippen LogP contribution in [-0.2, 0) is 9.53 Å². The molecule has 0 unspecified atom stereocenters. The van der Waals surface area contributed by atoms with Gasteiger partial charge in [-0.3, -0.25) is 4.79 Å². The van der Waals surface area contributed by atoms with Crippen LogP contribution < -0.4 is 0 Å². The van der Waals surface area contributed by atoms with Gasteiger partial charge < -0.3 is 4.74 Å². The molecule has 0 bridgehead atoms. The second-order valence-corrected chi connectivity index (χ2v) is 3.21. The number of carbonyl (C=O) groups excluding carboxylic acids is 1. The number of nitriles is 1. The average molecular weight is 179 g/mol. The van der Waals surface area contributed by atoms with Crippen LogP contribution in [-0.4, -0.2) is 12.4 Å².